The van der Waals surface area contributed by atoms with Crippen LogP contribution in [0.25, 0.3) is 0 Å². The van der Waals surface area contributed by atoms with E-state index in [4.69, 9.17) is 11.6 Å². The van der Waals surface area contributed by atoms with Gasteiger partial charge in [0.25, 0.3) is 0 Å². The summed E-state index contributed by atoms with van der Waals surface area (Å²) in [5.41, 5.74) is 0. The molecule has 1 heterocycles. The standard InChI is InChI=1S/C8H9ClN2S/c9-8-10-7(12-11-8)6-2-4-1-5(4)3-6/h4-6H,1-3H2. The third kappa shape index (κ3) is 1.07. The highest BCUT2D eigenvalue weighted by Gasteiger charge is 2.47. The van der Waals surface area contributed by atoms with Crippen molar-refractivity contribution in [2.45, 2.75) is 25.2 Å². The molecule has 3 rings (SSSR count). The van der Waals surface area contributed by atoms with Gasteiger partial charge in [-0.3, -0.25) is 0 Å². The summed E-state index contributed by atoms with van der Waals surface area (Å²) >= 11 is 7.15. The highest BCUT2D eigenvalue weighted by atomic mass is 35.5. The number of hydrogen-bond acceptors (Lipinski definition) is 3. The minimum absolute atomic E-state index is 0.426. The van der Waals surface area contributed by atoms with Crippen LogP contribution in [0.4, 0.5) is 0 Å². The molecular formula is C8H9ClN2S. The van der Waals surface area contributed by atoms with Gasteiger partial charge in [-0.25, -0.2) is 4.98 Å². The third-order valence-electron chi connectivity index (χ3n) is 3.01. The Balaban J connectivity index is 1.81. The van der Waals surface area contributed by atoms with Crippen molar-refractivity contribution in [1.29, 1.82) is 0 Å². The summed E-state index contributed by atoms with van der Waals surface area (Å²) in [7, 11) is 0. The molecule has 2 nitrogen and oxygen atoms in total. The first kappa shape index (κ1) is 7.27. The largest absolute Gasteiger partial charge is 0.234 e. The summed E-state index contributed by atoms with van der Waals surface area (Å²) in [5, 5.41) is 1.59. The fourth-order valence-electron chi connectivity index (χ4n) is 2.30. The molecule has 2 fully saturated rings. The minimum Gasteiger partial charge on any atom is -0.209 e. The first-order valence-electron chi connectivity index (χ1n) is 4.32. The van der Waals surface area contributed by atoms with Crippen LogP contribution < -0.4 is 0 Å². The Morgan fingerprint density at radius 3 is 2.58 bits per heavy atom. The lowest BCUT2D eigenvalue weighted by molar-refractivity contribution is 0.621. The summed E-state index contributed by atoms with van der Waals surface area (Å²) in [6.45, 7) is 0. The predicted molar refractivity (Wildman–Crippen MR) is 48.5 cm³/mol. The number of hydrogen-bond donors (Lipinski definition) is 0. The molecule has 0 aromatic carbocycles. The molecule has 0 radical (unpaired) electrons. The fourth-order valence-corrected chi connectivity index (χ4v) is 3.22. The van der Waals surface area contributed by atoms with Gasteiger partial charge in [0.2, 0.25) is 5.28 Å². The van der Waals surface area contributed by atoms with E-state index in [1.807, 2.05) is 0 Å². The molecule has 0 saturated heterocycles. The molecule has 0 bridgehead atoms. The molecule has 0 aliphatic heterocycles. The number of halogens is 1. The lowest BCUT2D eigenvalue weighted by Gasteiger charge is -2.04. The Labute approximate surface area is 80.1 Å². The highest BCUT2D eigenvalue weighted by molar-refractivity contribution is 7.05. The van der Waals surface area contributed by atoms with Crippen LogP contribution >= 0.6 is 23.1 Å². The van der Waals surface area contributed by atoms with E-state index in [0.717, 1.165) is 16.8 Å². The van der Waals surface area contributed by atoms with Crippen LogP contribution in [-0.2, 0) is 0 Å². The van der Waals surface area contributed by atoms with Crippen LogP contribution in [0.2, 0.25) is 5.28 Å². The highest BCUT2D eigenvalue weighted by Crippen LogP contribution is 2.57. The Bertz CT molecular complexity index is 302. The van der Waals surface area contributed by atoms with Crippen LogP contribution in [0, 0.1) is 11.8 Å². The van der Waals surface area contributed by atoms with E-state index < -0.39 is 0 Å². The topological polar surface area (TPSA) is 25.8 Å². The molecule has 2 aliphatic carbocycles. The molecule has 4 heteroatoms. The first-order valence-corrected chi connectivity index (χ1v) is 5.47. The van der Waals surface area contributed by atoms with Crippen LogP contribution in [0.1, 0.15) is 30.2 Å². The van der Waals surface area contributed by atoms with Crippen molar-refractivity contribution in [2.24, 2.45) is 11.8 Å². The van der Waals surface area contributed by atoms with Gasteiger partial charge in [-0.1, -0.05) is 0 Å². The fraction of sp³-hybridized carbons (Fsp3) is 0.750. The van der Waals surface area contributed by atoms with Gasteiger partial charge < -0.3 is 0 Å². The second-order valence-electron chi connectivity index (χ2n) is 3.83. The van der Waals surface area contributed by atoms with E-state index in [-0.39, 0.29) is 0 Å². The van der Waals surface area contributed by atoms with Crippen LogP contribution in [0.15, 0.2) is 0 Å². The van der Waals surface area contributed by atoms with Crippen molar-refractivity contribution in [3.8, 4) is 0 Å². The van der Waals surface area contributed by atoms with Gasteiger partial charge in [-0.05, 0) is 54.2 Å². The van der Waals surface area contributed by atoms with Crippen molar-refractivity contribution in [3.63, 3.8) is 0 Å². The summed E-state index contributed by atoms with van der Waals surface area (Å²) in [4.78, 5) is 4.22. The molecule has 0 N–H and O–H groups in total. The molecule has 0 amide bonds. The smallest absolute Gasteiger partial charge is 0.209 e. The summed E-state index contributed by atoms with van der Waals surface area (Å²) in [6, 6.07) is 0. The lowest BCUT2D eigenvalue weighted by Crippen LogP contribution is -1.93. The van der Waals surface area contributed by atoms with Gasteiger partial charge in [0.15, 0.2) is 0 Å². The summed E-state index contributed by atoms with van der Waals surface area (Å²) in [5.74, 6) is 2.70. The molecule has 12 heavy (non-hydrogen) atoms. The van der Waals surface area contributed by atoms with E-state index in [1.54, 1.807) is 0 Å². The van der Waals surface area contributed by atoms with E-state index >= 15 is 0 Å². The molecular weight excluding hydrogens is 192 g/mol. The Morgan fingerprint density at radius 2 is 2.00 bits per heavy atom. The van der Waals surface area contributed by atoms with E-state index in [9.17, 15) is 0 Å². The molecule has 2 unspecified atom stereocenters. The van der Waals surface area contributed by atoms with Gasteiger partial charge in [0, 0.05) is 5.92 Å². The molecule has 2 aliphatic rings. The quantitative estimate of drug-likeness (QED) is 0.697. The van der Waals surface area contributed by atoms with Crippen molar-refractivity contribution in [3.05, 3.63) is 10.3 Å². The summed E-state index contributed by atoms with van der Waals surface area (Å²) in [6.07, 6.45) is 4.12. The monoisotopic (exact) mass is 200 g/mol. The second-order valence-corrected chi connectivity index (χ2v) is 4.95. The zero-order valence-electron chi connectivity index (χ0n) is 6.53. The average molecular weight is 201 g/mol. The molecule has 64 valence electrons. The Hall–Kier alpha value is -0.150. The molecule has 1 aromatic rings. The van der Waals surface area contributed by atoms with Gasteiger partial charge in [-0.15, -0.1) is 0 Å². The zero-order chi connectivity index (χ0) is 8.13. The maximum Gasteiger partial charge on any atom is 0.234 e. The Morgan fingerprint density at radius 1 is 1.25 bits per heavy atom. The SMILES string of the molecule is Clc1nsc(C2CC3CC3C2)n1. The molecule has 0 spiro atoms. The van der Waals surface area contributed by atoms with Crippen molar-refractivity contribution < 1.29 is 0 Å². The second kappa shape index (κ2) is 2.42. The van der Waals surface area contributed by atoms with Crippen LogP contribution in [0.5, 0.6) is 0 Å². The number of rotatable bonds is 1. The average Bonchev–Trinajstić information content (AvgIpc) is 2.49. The van der Waals surface area contributed by atoms with Crippen molar-refractivity contribution >= 4 is 23.1 Å². The van der Waals surface area contributed by atoms with Crippen molar-refractivity contribution in [1.82, 2.24) is 9.36 Å². The maximum absolute atomic E-state index is 5.67. The number of fused-ring (bicyclic) bond motifs is 1. The normalized spacial score (nSPS) is 38.2. The van der Waals surface area contributed by atoms with Gasteiger partial charge in [0.05, 0.1) is 0 Å². The third-order valence-corrected chi connectivity index (χ3v) is 4.15. The van der Waals surface area contributed by atoms with E-state index in [1.165, 1.54) is 30.8 Å². The van der Waals surface area contributed by atoms with Crippen molar-refractivity contribution in [2.75, 3.05) is 0 Å². The molecule has 2 saturated carbocycles. The first-order chi connectivity index (χ1) is 5.83. The molecule has 2 atom stereocenters. The van der Waals surface area contributed by atoms with Gasteiger partial charge in [0.1, 0.15) is 5.01 Å². The van der Waals surface area contributed by atoms with Crippen LogP contribution in [-0.4, -0.2) is 9.36 Å². The number of nitrogens with zero attached hydrogens (tertiary/aromatic N) is 2. The maximum atomic E-state index is 5.67. The van der Waals surface area contributed by atoms with E-state index in [2.05, 4.69) is 9.36 Å². The van der Waals surface area contributed by atoms with Gasteiger partial charge >= 0.3 is 0 Å². The van der Waals surface area contributed by atoms with E-state index in [0.29, 0.717) is 11.2 Å². The summed E-state index contributed by atoms with van der Waals surface area (Å²) < 4.78 is 4.00. The molecule has 1 aromatic heterocycles. The van der Waals surface area contributed by atoms with Crippen LogP contribution in [0.3, 0.4) is 0 Å². The minimum atomic E-state index is 0.426. The number of aromatic nitrogens is 2. The predicted octanol–water partition coefficient (Wildman–Crippen LogP) is 2.71. The van der Waals surface area contributed by atoms with Gasteiger partial charge in [-0.2, -0.15) is 4.37 Å². The Kier molecular flexibility index (Phi) is 1.47. The zero-order valence-corrected chi connectivity index (χ0v) is 8.11. The lowest BCUT2D eigenvalue weighted by atomic mass is 10.1.